The first-order valence-corrected chi connectivity index (χ1v) is 7.18. The predicted octanol–water partition coefficient (Wildman–Crippen LogP) is 3.90. The maximum absolute atomic E-state index is 13.7. The molecule has 0 aliphatic heterocycles. The number of anilines is 1. The molecule has 0 bridgehead atoms. The molecule has 0 aliphatic rings. The number of nitrogens with one attached hydrogen (secondary N) is 1. The van der Waals surface area contributed by atoms with E-state index in [1.165, 1.54) is 12.4 Å². The van der Waals surface area contributed by atoms with Crippen molar-refractivity contribution in [2.24, 2.45) is 0 Å². The van der Waals surface area contributed by atoms with Gasteiger partial charge in [0.05, 0.1) is 4.90 Å². The average Bonchev–Trinajstić information content (AvgIpc) is 2.43. The Bertz CT molecular complexity index is 605. The van der Waals surface area contributed by atoms with Gasteiger partial charge in [-0.25, -0.2) is 18.7 Å². The van der Waals surface area contributed by atoms with Gasteiger partial charge in [0.15, 0.2) is 0 Å². The highest BCUT2D eigenvalue weighted by molar-refractivity contribution is 7.99. The van der Waals surface area contributed by atoms with Gasteiger partial charge in [0.2, 0.25) is 0 Å². The van der Waals surface area contributed by atoms with Gasteiger partial charge in [-0.1, -0.05) is 18.7 Å². The summed E-state index contributed by atoms with van der Waals surface area (Å²) in [5.74, 6) is -0.181. The van der Waals surface area contributed by atoms with Crippen molar-refractivity contribution in [3.05, 3.63) is 41.7 Å². The van der Waals surface area contributed by atoms with Crippen molar-refractivity contribution < 1.29 is 8.78 Å². The zero-order chi connectivity index (χ0) is 14.5. The molecule has 0 radical (unpaired) electrons. The fourth-order valence-corrected chi connectivity index (χ4v) is 2.79. The molecule has 0 fully saturated rings. The second kappa shape index (κ2) is 6.65. The highest BCUT2D eigenvalue weighted by Crippen LogP contribution is 2.33. The molecular formula is C14H15F2N3S. The highest BCUT2D eigenvalue weighted by atomic mass is 32.2. The van der Waals surface area contributed by atoms with Crippen molar-refractivity contribution in [3.8, 4) is 0 Å². The van der Waals surface area contributed by atoms with Crippen molar-refractivity contribution in [2.45, 2.75) is 30.2 Å². The minimum atomic E-state index is -0.465. The molecular weight excluding hydrogens is 280 g/mol. The fourth-order valence-electron chi connectivity index (χ4n) is 1.78. The van der Waals surface area contributed by atoms with E-state index < -0.39 is 11.6 Å². The summed E-state index contributed by atoms with van der Waals surface area (Å²) in [6, 6.07) is 3.40. The van der Waals surface area contributed by atoms with Gasteiger partial charge in [0.25, 0.3) is 0 Å². The summed E-state index contributed by atoms with van der Waals surface area (Å²) in [7, 11) is 0. The van der Waals surface area contributed by atoms with Crippen LogP contribution >= 0.6 is 11.8 Å². The smallest absolute Gasteiger partial charge is 0.137 e. The second-order valence-electron chi connectivity index (χ2n) is 4.07. The molecule has 0 saturated carbocycles. The molecule has 0 amide bonds. The quantitative estimate of drug-likeness (QED) is 0.849. The van der Waals surface area contributed by atoms with E-state index in [-0.39, 0.29) is 4.90 Å². The Balaban J connectivity index is 2.37. The van der Waals surface area contributed by atoms with Crippen LogP contribution in [0.1, 0.15) is 19.4 Å². The van der Waals surface area contributed by atoms with E-state index in [0.29, 0.717) is 11.4 Å². The number of hydrogen-bond acceptors (Lipinski definition) is 4. The summed E-state index contributed by atoms with van der Waals surface area (Å²) in [5, 5.41) is 3.79. The Morgan fingerprint density at radius 2 is 2.00 bits per heavy atom. The Hall–Kier alpha value is -1.69. The van der Waals surface area contributed by atoms with E-state index >= 15 is 0 Å². The molecule has 2 aromatic rings. The summed E-state index contributed by atoms with van der Waals surface area (Å²) in [4.78, 5) is 8.58. The summed E-state index contributed by atoms with van der Waals surface area (Å²) >= 11 is 1.11. The molecule has 0 unspecified atom stereocenters. The maximum Gasteiger partial charge on any atom is 0.137 e. The first-order valence-electron chi connectivity index (χ1n) is 6.36. The van der Waals surface area contributed by atoms with Crippen LogP contribution in [0.5, 0.6) is 0 Å². The van der Waals surface area contributed by atoms with Crippen molar-refractivity contribution in [2.75, 3.05) is 11.9 Å². The van der Waals surface area contributed by atoms with Crippen molar-refractivity contribution in [1.29, 1.82) is 0 Å². The van der Waals surface area contributed by atoms with Gasteiger partial charge >= 0.3 is 0 Å². The van der Waals surface area contributed by atoms with Crippen molar-refractivity contribution >= 4 is 17.6 Å². The lowest BCUT2D eigenvalue weighted by atomic mass is 10.2. The standard InChI is InChI=1S/C14H15F2N3S/c1-3-10-13(17-4-2)18-8-19-14(10)20-12-7-9(15)5-6-11(12)16/h5-8H,3-4H2,1-2H3,(H,17,18,19). The van der Waals surface area contributed by atoms with Gasteiger partial charge in [-0.05, 0) is 31.5 Å². The van der Waals surface area contributed by atoms with Gasteiger partial charge in [0, 0.05) is 12.1 Å². The van der Waals surface area contributed by atoms with Crippen LogP contribution in [0, 0.1) is 11.6 Å². The lowest BCUT2D eigenvalue weighted by Crippen LogP contribution is -2.05. The summed E-state index contributed by atoms with van der Waals surface area (Å²) < 4.78 is 26.9. The second-order valence-corrected chi connectivity index (χ2v) is 5.10. The Labute approximate surface area is 120 Å². The maximum atomic E-state index is 13.7. The summed E-state index contributed by atoms with van der Waals surface area (Å²) in [5.41, 5.74) is 0.906. The number of benzene rings is 1. The molecule has 1 aromatic heterocycles. The van der Waals surface area contributed by atoms with Crippen molar-refractivity contribution in [3.63, 3.8) is 0 Å². The molecule has 2 rings (SSSR count). The number of nitrogens with zero attached hydrogens (tertiary/aromatic N) is 2. The lowest BCUT2D eigenvalue weighted by molar-refractivity contribution is 0.577. The van der Waals surface area contributed by atoms with Gasteiger partial charge < -0.3 is 5.32 Å². The van der Waals surface area contributed by atoms with E-state index in [4.69, 9.17) is 0 Å². The van der Waals surface area contributed by atoms with Gasteiger partial charge in [-0.2, -0.15) is 0 Å². The third-order valence-corrected chi connectivity index (χ3v) is 3.78. The topological polar surface area (TPSA) is 37.8 Å². The molecule has 3 nitrogen and oxygen atoms in total. The van der Waals surface area contributed by atoms with Crippen LogP contribution in [0.25, 0.3) is 0 Å². The van der Waals surface area contributed by atoms with Crippen LogP contribution in [0.3, 0.4) is 0 Å². The normalized spacial score (nSPS) is 10.6. The SMILES string of the molecule is CCNc1ncnc(Sc2cc(F)ccc2F)c1CC. The monoisotopic (exact) mass is 295 g/mol. The fraction of sp³-hybridized carbons (Fsp3) is 0.286. The molecule has 20 heavy (non-hydrogen) atoms. The number of aromatic nitrogens is 2. The third kappa shape index (κ3) is 3.25. The van der Waals surface area contributed by atoms with E-state index in [2.05, 4.69) is 15.3 Å². The molecule has 0 saturated heterocycles. The largest absolute Gasteiger partial charge is 0.370 e. The molecule has 1 aromatic carbocycles. The first-order chi connectivity index (χ1) is 9.65. The molecule has 6 heteroatoms. The predicted molar refractivity (Wildman–Crippen MR) is 76.1 cm³/mol. The molecule has 106 valence electrons. The van der Waals surface area contributed by atoms with Crippen LogP contribution in [0.15, 0.2) is 34.4 Å². The third-order valence-electron chi connectivity index (χ3n) is 2.70. The molecule has 1 N–H and O–H groups in total. The zero-order valence-corrected chi connectivity index (χ0v) is 12.1. The van der Waals surface area contributed by atoms with Crippen LogP contribution in [-0.2, 0) is 6.42 Å². The molecule has 0 aliphatic carbocycles. The number of halogens is 2. The minimum Gasteiger partial charge on any atom is -0.370 e. The number of rotatable bonds is 5. The van der Waals surface area contributed by atoms with Crippen LogP contribution < -0.4 is 5.32 Å². The average molecular weight is 295 g/mol. The molecule has 1 heterocycles. The summed E-state index contributed by atoms with van der Waals surface area (Å²) in [6.45, 7) is 4.69. The zero-order valence-electron chi connectivity index (χ0n) is 11.3. The lowest BCUT2D eigenvalue weighted by Gasteiger charge is -2.12. The van der Waals surface area contributed by atoms with E-state index in [9.17, 15) is 8.78 Å². The van der Waals surface area contributed by atoms with Crippen molar-refractivity contribution in [1.82, 2.24) is 9.97 Å². The van der Waals surface area contributed by atoms with Gasteiger partial charge in [-0.3, -0.25) is 0 Å². The van der Waals surface area contributed by atoms with Gasteiger partial charge in [0.1, 0.15) is 28.8 Å². The summed E-state index contributed by atoms with van der Waals surface area (Å²) in [6.07, 6.45) is 2.14. The van der Waals surface area contributed by atoms with E-state index in [1.807, 2.05) is 13.8 Å². The van der Waals surface area contributed by atoms with Crippen LogP contribution in [0.2, 0.25) is 0 Å². The van der Waals surface area contributed by atoms with E-state index in [1.54, 1.807) is 0 Å². The Morgan fingerprint density at radius 1 is 1.20 bits per heavy atom. The minimum absolute atomic E-state index is 0.223. The Kier molecular flexibility index (Phi) is 4.89. The molecule has 0 spiro atoms. The number of hydrogen-bond donors (Lipinski definition) is 1. The highest BCUT2D eigenvalue weighted by Gasteiger charge is 2.13. The van der Waals surface area contributed by atoms with E-state index in [0.717, 1.165) is 41.8 Å². The molecule has 0 atom stereocenters. The van der Waals surface area contributed by atoms with Crippen LogP contribution in [0.4, 0.5) is 14.6 Å². The Morgan fingerprint density at radius 3 is 2.70 bits per heavy atom. The first kappa shape index (κ1) is 14.7. The van der Waals surface area contributed by atoms with Gasteiger partial charge in [-0.15, -0.1) is 0 Å². The van der Waals surface area contributed by atoms with Crippen LogP contribution in [-0.4, -0.2) is 16.5 Å².